The lowest BCUT2D eigenvalue weighted by Crippen LogP contribution is -2.21. The van der Waals surface area contributed by atoms with E-state index in [1.165, 1.54) is 0 Å². The van der Waals surface area contributed by atoms with Gasteiger partial charge in [-0.1, -0.05) is 19.9 Å². The maximum Gasteiger partial charge on any atom is 0.243 e. The van der Waals surface area contributed by atoms with Crippen molar-refractivity contribution >= 4 is 17.3 Å². The Morgan fingerprint density at radius 1 is 0.880 bits per heavy atom. The third kappa shape index (κ3) is 6.75. The van der Waals surface area contributed by atoms with E-state index in [-0.39, 0.29) is 12.5 Å². The first-order valence-corrected chi connectivity index (χ1v) is 8.70. The smallest absolute Gasteiger partial charge is 0.243 e. The molecular formula is C20H26N2O3. The summed E-state index contributed by atoms with van der Waals surface area (Å²) in [6, 6.07) is 15.0. The molecule has 2 N–H and O–H groups in total. The fraction of sp³-hybridized carbons (Fsp3) is 0.350. The number of nitrogens with one attached hydrogen (secondary N) is 2. The minimum absolute atomic E-state index is 0.112. The molecule has 25 heavy (non-hydrogen) atoms. The van der Waals surface area contributed by atoms with Crippen LogP contribution in [0.5, 0.6) is 11.5 Å². The molecule has 0 aliphatic heterocycles. The van der Waals surface area contributed by atoms with Gasteiger partial charge in [-0.05, 0) is 49.2 Å². The molecule has 0 heterocycles. The first kappa shape index (κ1) is 18.6. The van der Waals surface area contributed by atoms with Gasteiger partial charge < -0.3 is 20.1 Å². The highest BCUT2D eigenvalue weighted by Gasteiger charge is 2.04. The Kier molecular flexibility index (Phi) is 7.63. The fourth-order valence-electron chi connectivity index (χ4n) is 2.16. The summed E-state index contributed by atoms with van der Waals surface area (Å²) in [6.07, 6.45) is 1.92. The number of hydrogen-bond acceptors (Lipinski definition) is 4. The van der Waals surface area contributed by atoms with Crippen molar-refractivity contribution in [3.05, 3.63) is 48.5 Å². The maximum atomic E-state index is 12.1. The molecule has 5 heteroatoms. The molecule has 0 spiro atoms. The minimum atomic E-state index is -0.112. The van der Waals surface area contributed by atoms with Crippen molar-refractivity contribution in [3.63, 3.8) is 0 Å². The molecule has 0 atom stereocenters. The molecule has 0 aliphatic carbocycles. The second kappa shape index (κ2) is 10.2. The van der Waals surface area contributed by atoms with Gasteiger partial charge in [0, 0.05) is 17.4 Å². The molecule has 0 bridgehead atoms. The zero-order valence-corrected chi connectivity index (χ0v) is 14.9. The van der Waals surface area contributed by atoms with Crippen molar-refractivity contribution in [2.24, 2.45) is 0 Å². The van der Waals surface area contributed by atoms with Crippen LogP contribution in [0.25, 0.3) is 0 Å². The molecule has 2 aromatic rings. The summed E-state index contributed by atoms with van der Waals surface area (Å²) in [5.41, 5.74) is 1.60. The van der Waals surface area contributed by atoms with Crippen LogP contribution in [0.3, 0.4) is 0 Å². The van der Waals surface area contributed by atoms with Crippen LogP contribution in [0, 0.1) is 0 Å². The SMILES string of the molecule is CCCOc1ccc(NCC(=O)Nc2cccc(OCCC)c2)cc1. The second-order valence-electron chi connectivity index (χ2n) is 5.65. The topological polar surface area (TPSA) is 59.6 Å². The van der Waals surface area contributed by atoms with Crippen LogP contribution in [0.2, 0.25) is 0 Å². The molecule has 0 fully saturated rings. The van der Waals surface area contributed by atoms with E-state index < -0.39 is 0 Å². The quantitative estimate of drug-likeness (QED) is 0.675. The van der Waals surface area contributed by atoms with Gasteiger partial charge in [0.05, 0.1) is 19.8 Å². The Morgan fingerprint density at radius 3 is 2.24 bits per heavy atom. The van der Waals surface area contributed by atoms with E-state index in [0.29, 0.717) is 13.2 Å². The molecule has 0 aromatic heterocycles. The lowest BCUT2D eigenvalue weighted by Gasteiger charge is -2.10. The van der Waals surface area contributed by atoms with Gasteiger partial charge in [0.25, 0.3) is 0 Å². The van der Waals surface area contributed by atoms with E-state index in [1.807, 2.05) is 48.5 Å². The van der Waals surface area contributed by atoms with Crippen LogP contribution < -0.4 is 20.1 Å². The van der Waals surface area contributed by atoms with Gasteiger partial charge in [-0.3, -0.25) is 4.79 Å². The van der Waals surface area contributed by atoms with Gasteiger partial charge in [0.15, 0.2) is 0 Å². The number of amides is 1. The van der Waals surface area contributed by atoms with E-state index in [0.717, 1.165) is 35.7 Å². The predicted molar refractivity (Wildman–Crippen MR) is 102 cm³/mol. The van der Waals surface area contributed by atoms with E-state index in [1.54, 1.807) is 0 Å². The zero-order chi connectivity index (χ0) is 17.9. The Bertz CT molecular complexity index is 656. The largest absolute Gasteiger partial charge is 0.494 e. The fourth-order valence-corrected chi connectivity index (χ4v) is 2.16. The third-order valence-electron chi connectivity index (χ3n) is 3.37. The predicted octanol–water partition coefficient (Wildman–Crippen LogP) is 4.31. The molecule has 2 rings (SSSR count). The van der Waals surface area contributed by atoms with E-state index in [2.05, 4.69) is 24.5 Å². The summed E-state index contributed by atoms with van der Waals surface area (Å²) in [5.74, 6) is 1.48. The van der Waals surface area contributed by atoms with Gasteiger partial charge in [0.2, 0.25) is 5.91 Å². The molecule has 134 valence electrons. The summed E-state index contributed by atoms with van der Waals surface area (Å²) in [5, 5.41) is 5.96. The Labute approximate surface area is 149 Å². The summed E-state index contributed by atoms with van der Waals surface area (Å²) >= 11 is 0. The number of benzene rings is 2. The average Bonchev–Trinajstić information content (AvgIpc) is 2.64. The van der Waals surface area contributed by atoms with Gasteiger partial charge in [-0.2, -0.15) is 0 Å². The van der Waals surface area contributed by atoms with Gasteiger partial charge in [-0.25, -0.2) is 0 Å². The van der Waals surface area contributed by atoms with Crippen LogP contribution in [-0.2, 0) is 4.79 Å². The van der Waals surface area contributed by atoms with Crippen molar-refractivity contribution < 1.29 is 14.3 Å². The Hall–Kier alpha value is -2.69. The lowest BCUT2D eigenvalue weighted by molar-refractivity contribution is -0.114. The molecule has 5 nitrogen and oxygen atoms in total. The Morgan fingerprint density at radius 2 is 1.56 bits per heavy atom. The zero-order valence-electron chi connectivity index (χ0n) is 14.9. The van der Waals surface area contributed by atoms with E-state index in [9.17, 15) is 4.79 Å². The van der Waals surface area contributed by atoms with Gasteiger partial charge in [-0.15, -0.1) is 0 Å². The van der Waals surface area contributed by atoms with Crippen molar-refractivity contribution in [2.45, 2.75) is 26.7 Å². The molecule has 2 aromatic carbocycles. The highest BCUT2D eigenvalue weighted by atomic mass is 16.5. The van der Waals surface area contributed by atoms with Gasteiger partial charge in [0.1, 0.15) is 11.5 Å². The summed E-state index contributed by atoms with van der Waals surface area (Å²) < 4.78 is 11.1. The standard InChI is InChI=1S/C20H26N2O3/c1-3-12-24-18-10-8-16(9-11-18)21-15-20(23)22-17-6-5-7-19(14-17)25-13-4-2/h5-11,14,21H,3-4,12-13,15H2,1-2H3,(H,22,23). The molecule has 0 unspecified atom stereocenters. The highest BCUT2D eigenvalue weighted by Crippen LogP contribution is 2.18. The number of rotatable bonds is 10. The van der Waals surface area contributed by atoms with Crippen LogP contribution >= 0.6 is 0 Å². The normalized spacial score (nSPS) is 10.2. The molecule has 0 radical (unpaired) electrons. The van der Waals surface area contributed by atoms with Crippen LogP contribution in [0.4, 0.5) is 11.4 Å². The van der Waals surface area contributed by atoms with Crippen LogP contribution in [0.1, 0.15) is 26.7 Å². The summed E-state index contributed by atoms with van der Waals surface area (Å²) in [7, 11) is 0. The van der Waals surface area contributed by atoms with Crippen LogP contribution in [0.15, 0.2) is 48.5 Å². The average molecular weight is 342 g/mol. The molecule has 0 saturated carbocycles. The van der Waals surface area contributed by atoms with Crippen molar-refractivity contribution in [1.82, 2.24) is 0 Å². The number of carbonyl (C=O) groups is 1. The number of anilines is 2. The first-order valence-electron chi connectivity index (χ1n) is 8.70. The Balaban J connectivity index is 1.80. The van der Waals surface area contributed by atoms with Crippen molar-refractivity contribution in [3.8, 4) is 11.5 Å². The first-order chi connectivity index (χ1) is 12.2. The number of hydrogen-bond donors (Lipinski definition) is 2. The second-order valence-corrected chi connectivity index (χ2v) is 5.65. The molecule has 0 saturated heterocycles. The summed E-state index contributed by atoms with van der Waals surface area (Å²) in [6.45, 7) is 5.68. The lowest BCUT2D eigenvalue weighted by atomic mass is 10.3. The van der Waals surface area contributed by atoms with Crippen molar-refractivity contribution in [2.75, 3.05) is 30.4 Å². The molecule has 0 aliphatic rings. The number of carbonyl (C=O) groups excluding carboxylic acids is 1. The van der Waals surface area contributed by atoms with Crippen molar-refractivity contribution in [1.29, 1.82) is 0 Å². The highest BCUT2D eigenvalue weighted by molar-refractivity contribution is 5.93. The van der Waals surface area contributed by atoms with E-state index >= 15 is 0 Å². The molecular weight excluding hydrogens is 316 g/mol. The van der Waals surface area contributed by atoms with E-state index in [4.69, 9.17) is 9.47 Å². The number of ether oxygens (including phenoxy) is 2. The summed E-state index contributed by atoms with van der Waals surface area (Å²) in [4.78, 5) is 12.1. The minimum Gasteiger partial charge on any atom is -0.494 e. The monoisotopic (exact) mass is 342 g/mol. The molecule has 1 amide bonds. The van der Waals surface area contributed by atoms with Crippen LogP contribution in [-0.4, -0.2) is 25.7 Å². The maximum absolute atomic E-state index is 12.1. The van der Waals surface area contributed by atoms with Gasteiger partial charge >= 0.3 is 0 Å². The third-order valence-corrected chi connectivity index (χ3v) is 3.37.